The minimum absolute atomic E-state index is 0.145. The highest BCUT2D eigenvalue weighted by Crippen LogP contribution is 2.27. The third kappa shape index (κ3) is 2.84. The summed E-state index contributed by atoms with van der Waals surface area (Å²) in [6, 6.07) is 2.49. The second kappa shape index (κ2) is 5.52. The molecule has 1 atom stereocenters. The predicted molar refractivity (Wildman–Crippen MR) is 71.4 cm³/mol. The summed E-state index contributed by atoms with van der Waals surface area (Å²) in [4.78, 5) is 0. The van der Waals surface area contributed by atoms with E-state index in [2.05, 4.69) is 37.5 Å². The number of nitrogens with two attached hydrogens (primary N) is 1. The lowest BCUT2D eigenvalue weighted by Crippen LogP contribution is -2.16. The number of H-pyrrole nitrogens is 1. The van der Waals surface area contributed by atoms with Gasteiger partial charge in [-0.15, -0.1) is 0 Å². The summed E-state index contributed by atoms with van der Waals surface area (Å²) in [5, 5.41) is 15.0. The van der Waals surface area contributed by atoms with Crippen molar-refractivity contribution in [2.45, 2.75) is 50.6 Å². The molecule has 0 amide bonds. The van der Waals surface area contributed by atoms with E-state index in [0.717, 1.165) is 11.4 Å². The van der Waals surface area contributed by atoms with E-state index in [0.29, 0.717) is 12.5 Å². The van der Waals surface area contributed by atoms with E-state index in [-0.39, 0.29) is 6.04 Å². The average molecular weight is 260 g/mol. The van der Waals surface area contributed by atoms with Crippen LogP contribution in [0.3, 0.4) is 0 Å². The van der Waals surface area contributed by atoms with Gasteiger partial charge >= 0.3 is 0 Å². The van der Waals surface area contributed by atoms with Crippen molar-refractivity contribution in [3.05, 3.63) is 29.8 Å². The van der Waals surface area contributed by atoms with E-state index in [9.17, 15) is 0 Å². The van der Waals surface area contributed by atoms with Gasteiger partial charge in [0.1, 0.15) is 0 Å². The van der Waals surface area contributed by atoms with E-state index in [4.69, 9.17) is 5.73 Å². The molecule has 1 unspecified atom stereocenters. The number of aromatic amines is 1. The molecule has 0 aromatic carbocycles. The number of hydrogen-bond donors (Lipinski definition) is 2. The van der Waals surface area contributed by atoms with Crippen LogP contribution < -0.4 is 5.73 Å². The van der Waals surface area contributed by atoms with Gasteiger partial charge in [-0.25, -0.2) is 0 Å². The van der Waals surface area contributed by atoms with Crippen molar-refractivity contribution in [1.29, 1.82) is 0 Å². The number of hydrogen-bond acceptors (Lipinski definition) is 4. The molecule has 0 spiro atoms. The Labute approximate surface area is 112 Å². The van der Waals surface area contributed by atoms with E-state index >= 15 is 0 Å². The first-order valence-electron chi connectivity index (χ1n) is 6.98. The quantitative estimate of drug-likeness (QED) is 0.877. The summed E-state index contributed by atoms with van der Waals surface area (Å²) >= 11 is 0. The smallest absolute Gasteiger partial charge is 0.0995 e. The summed E-state index contributed by atoms with van der Waals surface area (Å²) in [6.45, 7) is 0. The first kappa shape index (κ1) is 12.3. The van der Waals surface area contributed by atoms with Crippen LogP contribution in [0.5, 0.6) is 0 Å². The highest BCUT2D eigenvalue weighted by molar-refractivity contribution is 5.08. The molecule has 1 aliphatic rings. The lowest BCUT2D eigenvalue weighted by molar-refractivity contribution is 0.328. The molecule has 2 heterocycles. The monoisotopic (exact) mass is 260 g/mol. The molecule has 2 aromatic heterocycles. The second-order valence-electron chi connectivity index (χ2n) is 5.28. The highest BCUT2D eigenvalue weighted by Gasteiger charge is 2.17. The topological polar surface area (TPSA) is 85.4 Å². The molecule has 1 aliphatic carbocycles. The molecule has 0 saturated heterocycles. The predicted octanol–water partition coefficient (Wildman–Crippen LogP) is 1.75. The van der Waals surface area contributed by atoms with Gasteiger partial charge in [0.2, 0.25) is 0 Å². The number of nitrogens with one attached hydrogen (secondary N) is 1. The summed E-state index contributed by atoms with van der Waals surface area (Å²) in [7, 11) is 0. The number of rotatable bonds is 4. The van der Waals surface area contributed by atoms with Crippen LogP contribution in [-0.2, 0) is 6.42 Å². The van der Waals surface area contributed by atoms with Crippen LogP contribution in [0.2, 0.25) is 0 Å². The van der Waals surface area contributed by atoms with Crippen LogP contribution in [0.1, 0.15) is 55.6 Å². The molecule has 0 aliphatic heterocycles. The third-order valence-electron chi connectivity index (χ3n) is 3.85. The molecule has 19 heavy (non-hydrogen) atoms. The Kier molecular flexibility index (Phi) is 3.59. The number of nitrogens with zero attached hydrogens (tertiary/aromatic N) is 4. The maximum atomic E-state index is 6.09. The van der Waals surface area contributed by atoms with Gasteiger partial charge in [-0.05, 0) is 18.9 Å². The fourth-order valence-corrected chi connectivity index (χ4v) is 2.75. The Balaban J connectivity index is 1.64. The standard InChI is InChI=1S/C13H20N6/c14-12(13-9-15-18-16-13)8-10-6-7-19(17-10)11-4-2-1-3-5-11/h6-7,9,11-12H,1-5,8,14H2,(H,15,16,18). The molecule has 1 fully saturated rings. The van der Waals surface area contributed by atoms with Crippen LogP contribution in [-0.4, -0.2) is 25.2 Å². The van der Waals surface area contributed by atoms with E-state index in [1.165, 1.54) is 32.1 Å². The van der Waals surface area contributed by atoms with Gasteiger partial charge in [0, 0.05) is 12.6 Å². The average Bonchev–Trinajstić information content (AvgIpc) is 3.11. The second-order valence-corrected chi connectivity index (χ2v) is 5.28. The molecule has 0 radical (unpaired) electrons. The van der Waals surface area contributed by atoms with Crippen molar-refractivity contribution >= 4 is 0 Å². The Morgan fingerprint density at radius 1 is 1.37 bits per heavy atom. The third-order valence-corrected chi connectivity index (χ3v) is 3.85. The molecular weight excluding hydrogens is 240 g/mol. The fraction of sp³-hybridized carbons (Fsp3) is 0.615. The highest BCUT2D eigenvalue weighted by atomic mass is 15.3. The van der Waals surface area contributed by atoms with Crippen molar-refractivity contribution < 1.29 is 0 Å². The number of aromatic nitrogens is 5. The molecular formula is C13H20N6. The summed E-state index contributed by atoms with van der Waals surface area (Å²) in [5.41, 5.74) is 7.90. The molecule has 0 bridgehead atoms. The molecule has 6 heteroatoms. The van der Waals surface area contributed by atoms with E-state index in [1.54, 1.807) is 6.20 Å². The maximum Gasteiger partial charge on any atom is 0.0995 e. The van der Waals surface area contributed by atoms with Crippen molar-refractivity contribution in [1.82, 2.24) is 25.2 Å². The van der Waals surface area contributed by atoms with Crippen LogP contribution in [0, 0.1) is 0 Å². The van der Waals surface area contributed by atoms with E-state index < -0.39 is 0 Å². The Bertz CT molecular complexity index is 497. The van der Waals surface area contributed by atoms with Crippen molar-refractivity contribution in [2.24, 2.45) is 5.73 Å². The van der Waals surface area contributed by atoms with Crippen molar-refractivity contribution in [3.8, 4) is 0 Å². The van der Waals surface area contributed by atoms with Crippen LogP contribution >= 0.6 is 0 Å². The van der Waals surface area contributed by atoms with Gasteiger partial charge in [0.15, 0.2) is 0 Å². The van der Waals surface area contributed by atoms with Gasteiger partial charge in [0.05, 0.1) is 29.7 Å². The van der Waals surface area contributed by atoms with Gasteiger partial charge in [-0.2, -0.15) is 20.5 Å². The first-order valence-corrected chi connectivity index (χ1v) is 6.98. The summed E-state index contributed by atoms with van der Waals surface area (Å²) in [5.74, 6) is 0. The molecule has 3 rings (SSSR count). The van der Waals surface area contributed by atoms with Gasteiger partial charge in [-0.1, -0.05) is 19.3 Å². The minimum atomic E-state index is -0.145. The molecule has 3 N–H and O–H groups in total. The molecule has 6 nitrogen and oxygen atoms in total. The van der Waals surface area contributed by atoms with Crippen LogP contribution in [0.25, 0.3) is 0 Å². The van der Waals surface area contributed by atoms with Gasteiger partial charge in [-0.3, -0.25) is 4.68 Å². The molecule has 102 valence electrons. The van der Waals surface area contributed by atoms with Crippen LogP contribution in [0.15, 0.2) is 18.5 Å². The molecule has 1 saturated carbocycles. The lowest BCUT2D eigenvalue weighted by atomic mass is 9.96. The summed E-state index contributed by atoms with van der Waals surface area (Å²) in [6.07, 6.45) is 10.9. The van der Waals surface area contributed by atoms with Crippen LogP contribution in [0.4, 0.5) is 0 Å². The first-order chi connectivity index (χ1) is 9.33. The zero-order chi connectivity index (χ0) is 13.1. The largest absolute Gasteiger partial charge is 0.322 e. The lowest BCUT2D eigenvalue weighted by Gasteiger charge is -2.21. The molecule has 2 aromatic rings. The zero-order valence-electron chi connectivity index (χ0n) is 11.0. The van der Waals surface area contributed by atoms with Gasteiger partial charge in [0.25, 0.3) is 0 Å². The zero-order valence-corrected chi connectivity index (χ0v) is 11.0. The Morgan fingerprint density at radius 2 is 2.21 bits per heavy atom. The van der Waals surface area contributed by atoms with Gasteiger partial charge < -0.3 is 5.73 Å². The normalized spacial score (nSPS) is 18.6. The maximum absolute atomic E-state index is 6.09. The Morgan fingerprint density at radius 3 is 2.95 bits per heavy atom. The van der Waals surface area contributed by atoms with E-state index in [1.807, 2.05) is 0 Å². The summed E-state index contributed by atoms with van der Waals surface area (Å²) < 4.78 is 2.12. The van der Waals surface area contributed by atoms with Crippen molar-refractivity contribution in [2.75, 3.05) is 0 Å². The Hall–Kier alpha value is -1.69. The minimum Gasteiger partial charge on any atom is -0.322 e. The van der Waals surface area contributed by atoms with Crippen molar-refractivity contribution in [3.63, 3.8) is 0 Å². The SMILES string of the molecule is NC(Cc1ccn(C2CCCCC2)n1)c1cn[nH]n1. The fourth-order valence-electron chi connectivity index (χ4n) is 2.75.